The molecule has 0 aliphatic rings. The van der Waals surface area contributed by atoms with Crippen LogP contribution < -0.4 is 5.32 Å². The van der Waals surface area contributed by atoms with E-state index in [-0.39, 0.29) is 24.7 Å². The summed E-state index contributed by atoms with van der Waals surface area (Å²) in [6.45, 7) is 0.00421. The quantitative estimate of drug-likeness (QED) is 0.604. The van der Waals surface area contributed by atoms with Crippen molar-refractivity contribution >= 4 is 5.78 Å². The van der Waals surface area contributed by atoms with Gasteiger partial charge in [0.05, 0.1) is 13.2 Å². The summed E-state index contributed by atoms with van der Waals surface area (Å²) in [5, 5.41) is 20.9. The number of likely N-dealkylation sites (N-methyl/N-ethyl adjacent to an activating group) is 1. The average Bonchev–Trinajstić information content (AvgIpc) is 2.18. The molecule has 0 saturated heterocycles. The molecule has 0 unspecified atom stereocenters. The Kier molecular flexibility index (Phi) is 3.62. The van der Waals surface area contributed by atoms with Gasteiger partial charge in [0.1, 0.15) is 5.75 Å². The Labute approximate surface area is 82.2 Å². The largest absolute Gasteiger partial charge is 0.508 e. The third-order valence-electron chi connectivity index (χ3n) is 1.91. The number of aliphatic hydroxyl groups excluding tert-OH is 1. The zero-order valence-electron chi connectivity index (χ0n) is 7.95. The van der Waals surface area contributed by atoms with E-state index in [1.54, 1.807) is 13.1 Å². The van der Waals surface area contributed by atoms with Crippen molar-refractivity contribution in [3.05, 3.63) is 29.3 Å². The van der Waals surface area contributed by atoms with E-state index in [4.69, 9.17) is 5.11 Å². The fourth-order valence-electron chi connectivity index (χ4n) is 1.13. The highest BCUT2D eigenvalue weighted by Crippen LogP contribution is 2.18. The number of carbonyl (C=O) groups is 1. The molecule has 0 amide bonds. The number of aliphatic hydroxyl groups is 1. The summed E-state index contributed by atoms with van der Waals surface area (Å²) in [6.07, 6.45) is 0. The van der Waals surface area contributed by atoms with Crippen LogP contribution in [0.3, 0.4) is 0 Å². The molecular formula is C10H13NO3. The summed E-state index contributed by atoms with van der Waals surface area (Å²) in [6, 6.07) is 4.49. The van der Waals surface area contributed by atoms with Crippen molar-refractivity contribution in [3.8, 4) is 5.75 Å². The van der Waals surface area contributed by atoms with Crippen molar-refractivity contribution in [3.63, 3.8) is 0 Å². The molecule has 0 aliphatic carbocycles. The minimum atomic E-state index is -0.230. The number of ketones is 1. The maximum Gasteiger partial charge on any atom is 0.176 e. The van der Waals surface area contributed by atoms with E-state index in [2.05, 4.69) is 5.32 Å². The van der Waals surface area contributed by atoms with Crippen LogP contribution in [0.2, 0.25) is 0 Å². The summed E-state index contributed by atoms with van der Waals surface area (Å²) >= 11 is 0. The highest BCUT2D eigenvalue weighted by Gasteiger charge is 2.07. The molecule has 0 aromatic heterocycles. The fraction of sp³-hybridized carbons (Fsp3) is 0.300. The van der Waals surface area contributed by atoms with Gasteiger partial charge in [-0.2, -0.15) is 0 Å². The molecule has 4 heteroatoms. The highest BCUT2D eigenvalue weighted by atomic mass is 16.3. The smallest absolute Gasteiger partial charge is 0.176 e. The van der Waals surface area contributed by atoms with Gasteiger partial charge in [0.2, 0.25) is 0 Å². The van der Waals surface area contributed by atoms with Crippen LogP contribution >= 0.6 is 0 Å². The van der Waals surface area contributed by atoms with Gasteiger partial charge in [0, 0.05) is 11.1 Å². The third kappa shape index (κ3) is 2.31. The molecular weight excluding hydrogens is 182 g/mol. The van der Waals surface area contributed by atoms with Gasteiger partial charge in [-0.1, -0.05) is 12.1 Å². The third-order valence-corrected chi connectivity index (χ3v) is 1.91. The minimum Gasteiger partial charge on any atom is -0.508 e. The Morgan fingerprint density at radius 1 is 1.50 bits per heavy atom. The molecule has 1 aromatic carbocycles. The second-order valence-corrected chi connectivity index (χ2v) is 2.96. The normalized spacial score (nSPS) is 10.1. The van der Waals surface area contributed by atoms with Crippen LogP contribution in [-0.4, -0.2) is 29.6 Å². The van der Waals surface area contributed by atoms with Gasteiger partial charge in [-0.05, 0) is 13.1 Å². The number of hydrogen-bond donors (Lipinski definition) is 3. The van der Waals surface area contributed by atoms with E-state index >= 15 is 0 Å². The van der Waals surface area contributed by atoms with Crippen LogP contribution in [0.1, 0.15) is 15.9 Å². The van der Waals surface area contributed by atoms with Crippen LogP contribution in [0.25, 0.3) is 0 Å². The summed E-state index contributed by atoms with van der Waals surface area (Å²) < 4.78 is 0. The fourth-order valence-corrected chi connectivity index (χ4v) is 1.13. The van der Waals surface area contributed by atoms with Crippen molar-refractivity contribution < 1.29 is 15.0 Å². The van der Waals surface area contributed by atoms with Crippen LogP contribution in [-0.2, 0) is 6.61 Å². The zero-order valence-corrected chi connectivity index (χ0v) is 7.95. The maximum absolute atomic E-state index is 11.4. The molecule has 1 rings (SSSR count). The van der Waals surface area contributed by atoms with E-state index < -0.39 is 0 Å². The van der Waals surface area contributed by atoms with Gasteiger partial charge in [-0.25, -0.2) is 0 Å². The van der Waals surface area contributed by atoms with E-state index in [9.17, 15) is 9.90 Å². The Morgan fingerprint density at radius 2 is 2.21 bits per heavy atom. The second kappa shape index (κ2) is 4.74. The number of hydrogen-bond acceptors (Lipinski definition) is 4. The lowest BCUT2D eigenvalue weighted by Crippen LogP contribution is -2.18. The monoisotopic (exact) mass is 195 g/mol. The molecule has 0 saturated carbocycles. The Morgan fingerprint density at radius 3 is 2.71 bits per heavy atom. The first kappa shape index (κ1) is 10.7. The summed E-state index contributed by atoms with van der Waals surface area (Å²) in [5.74, 6) is -0.137. The van der Waals surface area contributed by atoms with Gasteiger partial charge in [-0.15, -0.1) is 0 Å². The number of benzene rings is 1. The topological polar surface area (TPSA) is 69.6 Å². The average molecular weight is 195 g/mol. The highest BCUT2D eigenvalue weighted by molar-refractivity contribution is 5.98. The number of rotatable bonds is 4. The molecule has 76 valence electrons. The molecule has 0 aliphatic heterocycles. The molecule has 1 aromatic rings. The van der Waals surface area contributed by atoms with E-state index in [0.29, 0.717) is 11.1 Å². The summed E-state index contributed by atoms with van der Waals surface area (Å²) in [5.41, 5.74) is 0.861. The maximum atomic E-state index is 11.4. The number of aromatic hydroxyl groups is 1. The van der Waals surface area contributed by atoms with Gasteiger partial charge in [0.15, 0.2) is 5.78 Å². The number of Topliss-reactive ketones (excluding diaryl/α,β-unsaturated/α-hetero) is 1. The van der Waals surface area contributed by atoms with Crippen LogP contribution in [0.4, 0.5) is 0 Å². The molecule has 4 nitrogen and oxygen atoms in total. The van der Waals surface area contributed by atoms with E-state index in [1.165, 1.54) is 12.1 Å². The van der Waals surface area contributed by atoms with E-state index in [0.717, 1.165) is 0 Å². The first-order valence-electron chi connectivity index (χ1n) is 4.29. The SMILES string of the molecule is CNCC(=O)c1ccc(CO)c(O)c1. The van der Waals surface area contributed by atoms with Crippen molar-refractivity contribution in [2.75, 3.05) is 13.6 Å². The molecule has 0 atom stereocenters. The minimum absolute atomic E-state index is 0.0468. The predicted octanol–water partition coefficient (Wildman–Crippen LogP) is 0.287. The zero-order chi connectivity index (χ0) is 10.6. The summed E-state index contributed by atoms with van der Waals surface area (Å²) in [7, 11) is 1.68. The Balaban J connectivity index is 2.91. The molecule has 0 spiro atoms. The van der Waals surface area contributed by atoms with E-state index in [1.807, 2.05) is 0 Å². The van der Waals surface area contributed by atoms with Crippen molar-refractivity contribution in [2.45, 2.75) is 6.61 Å². The molecule has 14 heavy (non-hydrogen) atoms. The van der Waals surface area contributed by atoms with Crippen LogP contribution in [0, 0.1) is 0 Å². The molecule has 0 radical (unpaired) electrons. The molecule has 0 heterocycles. The predicted molar refractivity (Wildman–Crippen MR) is 52.3 cm³/mol. The number of phenols is 1. The molecule has 0 fully saturated rings. The lowest BCUT2D eigenvalue weighted by Gasteiger charge is -2.04. The van der Waals surface area contributed by atoms with Crippen LogP contribution in [0.5, 0.6) is 5.75 Å². The second-order valence-electron chi connectivity index (χ2n) is 2.96. The first-order valence-corrected chi connectivity index (χ1v) is 4.29. The molecule has 0 bridgehead atoms. The molecule has 3 N–H and O–H groups in total. The van der Waals surface area contributed by atoms with Crippen LogP contribution in [0.15, 0.2) is 18.2 Å². The van der Waals surface area contributed by atoms with Gasteiger partial charge in [-0.3, -0.25) is 4.79 Å². The Bertz CT molecular complexity index is 336. The Hall–Kier alpha value is -1.39. The van der Waals surface area contributed by atoms with Crippen molar-refractivity contribution in [1.29, 1.82) is 0 Å². The van der Waals surface area contributed by atoms with Gasteiger partial charge < -0.3 is 15.5 Å². The lowest BCUT2D eigenvalue weighted by atomic mass is 10.1. The number of nitrogens with one attached hydrogen (secondary N) is 1. The number of carbonyl (C=O) groups excluding carboxylic acids is 1. The van der Waals surface area contributed by atoms with Crippen molar-refractivity contribution in [2.24, 2.45) is 0 Å². The van der Waals surface area contributed by atoms with Gasteiger partial charge >= 0.3 is 0 Å². The lowest BCUT2D eigenvalue weighted by molar-refractivity contribution is 0.0993. The summed E-state index contributed by atoms with van der Waals surface area (Å²) in [4.78, 5) is 11.4. The standard InChI is InChI=1S/C10H13NO3/c1-11-5-10(14)7-2-3-8(6-12)9(13)4-7/h2-4,11-13H,5-6H2,1H3. The van der Waals surface area contributed by atoms with Crippen molar-refractivity contribution in [1.82, 2.24) is 5.32 Å². The van der Waals surface area contributed by atoms with Gasteiger partial charge in [0.25, 0.3) is 0 Å². The first-order chi connectivity index (χ1) is 6.69.